The third-order valence-electron chi connectivity index (χ3n) is 12.3. The molecular formula is C59H42N4. The number of aromatic nitrogens is 4. The fourth-order valence-corrected chi connectivity index (χ4v) is 9.46. The summed E-state index contributed by atoms with van der Waals surface area (Å²) in [6, 6.07) is 84.3. The zero-order chi connectivity index (χ0) is 42.2. The van der Waals surface area contributed by atoms with Crippen LogP contribution in [0.4, 0.5) is 0 Å². The number of rotatable bonds is 9. The molecule has 63 heavy (non-hydrogen) atoms. The summed E-state index contributed by atoms with van der Waals surface area (Å²) in [4.78, 5) is 15.7. The topological polar surface area (TPSA) is 43.6 Å². The first-order chi connectivity index (χ1) is 31.2. The first kappa shape index (κ1) is 37.8. The Morgan fingerprint density at radius 1 is 0.349 bits per heavy atom. The highest BCUT2D eigenvalue weighted by Crippen LogP contribution is 2.50. The van der Waals surface area contributed by atoms with Crippen LogP contribution < -0.4 is 0 Å². The second-order valence-electron chi connectivity index (χ2n) is 16.0. The lowest BCUT2D eigenvalue weighted by Gasteiger charge is -2.38. The van der Waals surface area contributed by atoms with Gasteiger partial charge in [0.15, 0.2) is 17.5 Å². The molecule has 0 aliphatic rings. The molecule has 0 saturated heterocycles. The molecule has 0 unspecified atom stereocenters. The van der Waals surface area contributed by atoms with Gasteiger partial charge in [0.25, 0.3) is 0 Å². The van der Waals surface area contributed by atoms with E-state index in [0.29, 0.717) is 17.5 Å². The molecule has 0 spiro atoms. The van der Waals surface area contributed by atoms with Crippen LogP contribution >= 0.6 is 0 Å². The lowest BCUT2D eigenvalue weighted by Crippen LogP contribution is -2.31. The molecule has 11 aromatic rings. The van der Waals surface area contributed by atoms with Crippen LogP contribution in [0.5, 0.6) is 0 Å². The van der Waals surface area contributed by atoms with Gasteiger partial charge in [0.1, 0.15) is 0 Å². The number of para-hydroxylation sites is 1. The van der Waals surface area contributed by atoms with E-state index < -0.39 is 5.41 Å². The molecule has 2 heterocycles. The van der Waals surface area contributed by atoms with E-state index >= 15 is 0 Å². The highest BCUT2D eigenvalue weighted by Gasteiger charge is 2.40. The second kappa shape index (κ2) is 16.0. The van der Waals surface area contributed by atoms with Crippen LogP contribution in [0.2, 0.25) is 0 Å². The summed E-state index contributed by atoms with van der Waals surface area (Å²) >= 11 is 0. The molecule has 0 bridgehead atoms. The van der Waals surface area contributed by atoms with Crippen LogP contribution in [-0.4, -0.2) is 19.5 Å². The minimum absolute atomic E-state index is 0.599. The summed E-state index contributed by atoms with van der Waals surface area (Å²) in [5.41, 5.74) is 13.4. The number of fused-ring (bicyclic) bond motifs is 3. The van der Waals surface area contributed by atoms with Gasteiger partial charge in [-0.3, -0.25) is 0 Å². The number of hydrogen-bond donors (Lipinski definition) is 0. The predicted octanol–water partition coefficient (Wildman–Crippen LogP) is 14.3. The van der Waals surface area contributed by atoms with Gasteiger partial charge in [0, 0.05) is 33.2 Å². The average Bonchev–Trinajstić information content (AvgIpc) is 3.69. The molecule has 0 aliphatic carbocycles. The highest BCUT2D eigenvalue weighted by molar-refractivity contribution is 6.09. The largest absolute Gasteiger partial charge is 0.309 e. The summed E-state index contributed by atoms with van der Waals surface area (Å²) in [7, 11) is 0. The van der Waals surface area contributed by atoms with Crippen molar-refractivity contribution in [2.24, 2.45) is 0 Å². The van der Waals surface area contributed by atoms with E-state index in [1.54, 1.807) is 0 Å². The van der Waals surface area contributed by atoms with Gasteiger partial charge in [-0.15, -0.1) is 0 Å². The van der Waals surface area contributed by atoms with Crippen LogP contribution in [0, 0.1) is 6.92 Å². The van der Waals surface area contributed by atoms with Crippen LogP contribution in [0.25, 0.3) is 72.8 Å². The quantitative estimate of drug-likeness (QED) is 0.136. The smallest absolute Gasteiger partial charge is 0.164 e. The van der Waals surface area contributed by atoms with Crippen molar-refractivity contribution < 1.29 is 0 Å². The van der Waals surface area contributed by atoms with Crippen LogP contribution in [0.1, 0.15) is 27.8 Å². The Bertz CT molecular complexity index is 3230. The van der Waals surface area contributed by atoms with E-state index in [1.165, 1.54) is 33.0 Å². The van der Waals surface area contributed by atoms with Gasteiger partial charge in [0.2, 0.25) is 0 Å². The van der Waals surface area contributed by atoms with Gasteiger partial charge in [-0.1, -0.05) is 206 Å². The standard InChI is InChI=1S/C59H42N4/c1-41-35-38-55-52(39-41)49-32-18-20-34-54(49)63(55)47-36-37-50(58-61-56(42-21-7-2-8-22-42)60-57(62-58)43-23-9-3-10-24-43)51(40-47)48-31-17-19-33-53(48)59(44-25-11-4-12-26-44,45-27-13-5-14-28-45)46-29-15-6-16-30-46/h2-40H,1H3. The van der Waals surface area contributed by atoms with E-state index in [0.717, 1.165) is 50.1 Å². The minimum atomic E-state index is -0.707. The molecule has 298 valence electrons. The zero-order valence-electron chi connectivity index (χ0n) is 34.8. The summed E-state index contributed by atoms with van der Waals surface area (Å²) in [5.74, 6) is 1.84. The van der Waals surface area contributed by atoms with Gasteiger partial charge in [-0.25, -0.2) is 15.0 Å². The van der Waals surface area contributed by atoms with Crippen molar-refractivity contribution in [2.45, 2.75) is 12.3 Å². The molecule has 0 aliphatic heterocycles. The van der Waals surface area contributed by atoms with Crippen LogP contribution in [0.3, 0.4) is 0 Å². The molecular weight excluding hydrogens is 765 g/mol. The lowest BCUT2D eigenvalue weighted by molar-refractivity contribution is 0.747. The predicted molar refractivity (Wildman–Crippen MR) is 259 cm³/mol. The monoisotopic (exact) mass is 806 g/mol. The average molecular weight is 807 g/mol. The molecule has 0 saturated carbocycles. The Morgan fingerprint density at radius 3 is 1.41 bits per heavy atom. The molecule has 0 radical (unpaired) electrons. The van der Waals surface area contributed by atoms with Crippen molar-refractivity contribution in [1.82, 2.24) is 19.5 Å². The van der Waals surface area contributed by atoms with Gasteiger partial charge in [0.05, 0.1) is 16.4 Å². The van der Waals surface area contributed by atoms with Gasteiger partial charge in [-0.2, -0.15) is 0 Å². The van der Waals surface area contributed by atoms with E-state index in [-0.39, 0.29) is 0 Å². The summed E-state index contributed by atoms with van der Waals surface area (Å²) in [6.45, 7) is 2.16. The molecule has 0 N–H and O–H groups in total. The van der Waals surface area contributed by atoms with E-state index in [1.807, 2.05) is 36.4 Å². The summed E-state index contributed by atoms with van der Waals surface area (Å²) < 4.78 is 2.40. The number of nitrogens with zero attached hydrogens (tertiary/aromatic N) is 4. The lowest BCUT2D eigenvalue weighted by atomic mass is 9.63. The van der Waals surface area contributed by atoms with E-state index in [4.69, 9.17) is 15.0 Å². The molecule has 0 fully saturated rings. The van der Waals surface area contributed by atoms with Crippen LogP contribution in [0.15, 0.2) is 237 Å². The van der Waals surface area contributed by atoms with Crippen LogP contribution in [-0.2, 0) is 5.41 Å². The summed E-state index contributed by atoms with van der Waals surface area (Å²) in [6.07, 6.45) is 0. The van der Waals surface area contributed by atoms with Gasteiger partial charge >= 0.3 is 0 Å². The normalized spacial score (nSPS) is 11.6. The molecule has 2 aromatic heterocycles. The molecule has 11 rings (SSSR count). The fraction of sp³-hybridized carbons (Fsp3) is 0.0339. The summed E-state index contributed by atoms with van der Waals surface area (Å²) in [5, 5.41) is 2.45. The Hall–Kier alpha value is -8.21. The molecule has 9 aromatic carbocycles. The zero-order valence-corrected chi connectivity index (χ0v) is 34.8. The molecule has 0 atom stereocenters. The third-order valence-corrected chi connectivity index (χ3v) is 12.3. The Labute approximate surface area is 367 Å². The fourth-order valence-electron chi connectivity index (χ4n) is 9.46. The number of aryl methyl sites for hydroxylation is 1. The van der Waals surface area contributed by atoms with E-state index in [9.17, 15) is 0 Å². The van der Waals surface area contributed by atoms with Crippen molar-refractivity contribution >= 4 is 21.8 Å². The first-order valence-electron chi connectivity index (χ1n) is 21.4. The van der Waals surface area contributed by atoms with Crippen molar-refractivity contribution in [2.75, 3.05) is 0 Å². The third kappa shape index (κ3) is 6.61. The maximum atomic E-state index is 5.32. The number of hydrogen-bond acceptors (Lipinski definition) is 3. The SMILES string of the molecule is Cc1ccc2c(c1)c1ccccc1n2-c1ccc(-c2nc(-c3ccccc3)nc(-c3ccccc3)n2)c(-c2ccccc2C(c2ccccc2)(c2ccccc2)c2ccccc2)c1. The molecule has 4 nitrogen and oxygen atoms in total. The maximum Gasteiger partial charge on any atom is 0.164 e. The second-order valence-corrected chi connectivity index (χ2v) is 16.0. The van der Waals surface area contributed by atoms with Gasteiger partial charge in [-0.05, 0) is 76.7 Å². The Kier molecular flexibility index (Phi) is 9.59. The van der Waals surface area contributed by atoms with Crippen molar-refractivity contribution in [3.63, 3.8) is 0 Å². The number of benzene rings is 9. The highest BCUT2D eigenvalue weighted by atomic mass is 15.0. The Balaban J connectivity index is 1.26. The first-order valence-corrected chi connectivity index (χ1v) is 21.4. The minimum Gasteiger partial charge on any atom is -0.309 e. The molecule has 0 amide bonds. The Morgan fingerprint density at radius 2 is 0.825 bits per heavy atom. The van der Waals surface area contributed by atoms with Crippen molar-refractivity contribution in [3.8, 4) is 51.0 Å². The maximum absolute atomic E-state index is 5.32. The van der Waals surface area contributed by atoms with Gasteiger partial charge < -0.3 is 4.57 Å². The molecule has 4 heteroatoms. The van der Waals surface area contributed by atoms with Crippen molar-refractivity contribution in [3.05, 3.63) is 264 Å². The van der Waals surface area contributed by atoms with E-state index in [2.05, 4.69) is 212 Å². The van der Waals surface area contributed by atoms with Crippen molar-refractivity contribution in [1.29, 1.82) is 0 Å².